The summed E-state index contributed by atoms with van der Waals surface area (Å²) in [5.41, 5.74) is 0.764. The van der Waals surface area contributed by atoms with E-state index in [1.165, 1.54) is 37.0 Å². The van der Waals surface area contributed by atoms with E-state index in [2.05, 4.69) is 4.90 Å². The Balaban J connectivity index is 1.33. The summed E-state index contributed by atoms with van der Waals surface area (Å²) in [5, 5.41) is 0. The number of hydrogen-bond donors (Lipinski definition) is 0. The topological polar surface area (TPSA) is 60.9 Å². The van der Waals surface area contributed by atoms with Crippen molar-refractivity contribution < 1.29 is 14.4 Å². The molecule has 0 aromatic heterocycles. The quantitative estimate of drug-likeness (QED) is 0.665. The molecule has 0 spiro atoms. The third-order valence-electron chi connectivity index (χ3n) is 8.13. The molecule has 5 rings (SSSR count). The largest absolute Gasteiger partial charge is 0.340 e. The maximum atomic E-state index is 13.7. The maximum absolute atomic E-state index is 13.7. The lowest BCUT2D eigenvalue weighted by Crippen LogP contribution is -2.53. The van der Waals surface area contributed by atoms with Gasteiger partial charge < -0.3 is 4.90 Å². The molecule has 4 fully saturated rings. The molecule has 1 aromatic rings. The molecule has 0 bridgehead atoms. The Morgan fingerprint density at radius 2 is 1.62 bits per heavy atom. The third kappa shape index (κ3) is 3.87. The van der Waals surface area contributed by atoms with E-state index in [-0.39, 0.29) is 36.6 Å². The first kappa shape index (κ1) is 21.6. The second-order valence-corrected chi connectivity index (χ2v) is 10.3. The number of benzene rings is 1. The average Bonchev–Trinajstić information content (AvgIpc) is 3.61. The van der Waals surface area contributed by atoms with Gasteiger partial charge in [0.25, 0.3) is 0 Å². The smallest absolute Gasteiger partial charge is 0.241 e. The molecule has 0 radical (unpaired) electrons. The van der Waals surface area contributed by atoms with Crippen molar-refractivity contribution in [2.45, 2.75) is 82.2 Å². The summed E-state index contributed by atoms with van der Waals surface area (Å²) in [7, 11) is 0. The van der Waals surface area contributed by atoms with Gasteiger partial charge in [-0.1, -0.05) is 43.5 Å². The number of nitrogens with zero attached hydrogens (tertiary/aromatic N) is 3. The zero-order valence-electron chi connectivity index (χ0n) is 19.2. The standard InChI is InChI=1S/C26H35N3O3/c1-19-7-5-6-10-22(19)26(18-24(31)29(25(26)32)21-11-12-21)17-23(30)28-15-13-27(14-16-28)20-8-3-2-4-9-20/h5-7,10,20-21H,2-4,8-9,11-18H2,1H3. The van der Waals surface area contributed by atoms with Gasteiger partial charge in [0.05, 0.1) is 5.41 Å². The highest BCUT2D eigenvalue weighted by atomic mass is 16.2. The van der Waals surface area contributed by atoms with Crippen LogP contribution in [-0.4, -0.2) is 70.7 Å². The fourth-order valence-electron chi connectivity index (χ4n) is 6.17. The number of amides is 3. The minimum Gasteiger partial charge on any atom is -0.340 e. The van der Waals surface area contributed by atoms with Gasteiger partial charge in [0.1, 0.15) is 0 Å². The minimum absolute atomic E-state index is 0.00958. The van der Waals surface area contributed by atoms with Crippen molar-refractivity contribution in [3.05, 3.63) is 35.4 Å². The second kappa shape index (κ2) is 8.62. The van der Waals surface area contributed by atoms with Crippen LogP contribution >= 0.6 is 0 Å². The first-order valence-electron chi connectivity index (χ1n) is 12.4. The fraction of sp³-hybridized carbons (Fsp3) is 0.654. The lowest BCUT2D eigenvalue weighted by atomic mass is 9.74. The zero-order chi connectivity index (χ0) is 22.3. The van der Waals surface area contributed by atoms with Crippen molar-refractivity contribution in [2.24, 2.45) is 0 Å². The number of likely N-dealkylation sites (tertiary alicyclic amines) is 1. The molecule has 6 heteroatoms. The lowest BCUT2D eigenvalue weighted by Gasteiger charge is -2.41. The Morgan fingerprint density at radius 1 is 0.938 bits per heavy atom. The van der Waals surface area contributed by atoms with Crippen LogP contribution in [0.25, 0.3) is 0 Å². The van der Waals surface area contributed by atoms with Crippen molar-refractivity contribution in [3.63, 3.8) is 0 Å². The van der Waals surface area contributed by atoms with Crippen LogP contribution in [0, 0.1) is 6.92 Å². The summed E-state index contributed by atoms with van der Waals surface area (Å²) in [5.74, 6) is -0.264. The molecule has 2 heterocycles. The van der Waals surface area contributed by atoms with Gasteiger partial charge in [-0.05, 0) is 43.7 Å². The molecule has 6 nitrogen and oxygen atoms in total. The molecule has 4 aliphatic rings. The minimum atomic E-state index is -1.05. The number of carbonyl (C=O) groups excluding carboxylic acids is 3. The molecule has 3 amide bonds. The van der Waals surface area contributed by atoms with Gasteiger partial charge in [-0.15, -0.1) is 0 Å². The number of hydrogen-bond acceptors (Lipinski definition) is 4. The van der Waals surface area contributed by atoms with Crippen LogP contribution in [-0.2, 0) is 19.8 Å². The van der Waals surface area contributed by atoms with Crippen LogP contribution in [0.15, 0.2) is 24.3 Å². The molecule has 2 saturated carbocycles. The molecule has 32 heavy (non-hydrogen) atoms. The Labute approximate surface area is 190 Å². The van der Waals surface area contributed by atoms with Crippen molar-refractivity contribution in [1.82, 2.24) is 14.7 Å². The summed E-state index contributed by atoms with van der Waals surface area (Å²) in [6, 6.07) is 8.47. The van der Waals surface area contributed by atoms with Gasteiger partial charge >= 0.3 is 0 Å². The van der Waals surface area contributed by atoms with Gasteiger partial charge in [0, 0.05) is 51.1 Å². The monoisotopic (exact) mass is 437 g/mol. The van der Waals surface area contributed by atoms with Gasteiger partial charge in [-0.25, -0.2) is 0 Å². The van der Waals surface area contributed by atoms with Gasteiger partial charge in [0.15, 0.2) is 0 Å². The molecular formula is C26H35N3O3. The number of carbonyl (C=O) groups is 3. The summed E-state index contributed by atoms with van der Waals surface area (Å²) >= 11 is 0. The highest BCUT2D eigenvalue weighted by Crippen LogP contribution is 2.45. The van der Waals surface area contributed by atoms with Crippen LogP contribution < -0.4 is 0 Å². The van der Waals surface area contributed by atoms with Gasteiger partial charge in [-0.2, -0.15) is 0 Å². The van der Waals surface area contributed by atoms with Crippen LogP contribution in [0.3, 0.4) is 0 Å². The molecule has 1 aromatic carbocycles. The Bertz CT molecular complexity index is 897. The van der Waals surface area contributed by atoms with E-state index in [0.29, 0.717) is 19.1 Å². The Morgan fingerprint density at radius 3 is 2.28 bits per heavy atom. The molecule has 172 valence electrons. The van der Waals surface area contributed by atoms with Crippen molar-refractivity contribution in [3.8, 4) is 0 Å². The van der Waals surface area contributed by atoms with E-state index in [1.807, 2.05) is 36.1 Å². The van der Waals surface area contributed by atoms with Crippen molar-refractivity contribution in [1.29, 1.82) is 0 Å². The Hall–Kier alpha value is -2.21. The molecule has 2 aliphatic heterocycles. The van der Waals surface area contributed by atoms with Gasteiger partial charge in [0.2, 0.25) is 17.7 Å². The Kier molecular flexibility index (Phi) is 5.82. The third-order valence-corrected chi connectivity index (χ3v) is 8.13. The molecular weight excluding hydrogens is 402 g/mol. The van der Waals surface area contributed by atoms with Crippen LogP contribution in [0.2, 0.25) is 0 Å². The molecule has 2 aliphatic carbocycles. The predicted molar refractivity (Wildman–Crippen MR) is 122 cm³/mol. The highest BCUT2D eigenvalue weighted by Gasteiger charge is 2.57. The van der Waals surface area contributed by atoms with Crippen LogP contribution in [0.1, 0.15) is 68.9 Å². The summed E-state index contributed by atoms with van der Waals surface area (Å²) in [6.45, 7) is 5.23. The van der Waals surface area contributed by atoms with Gasteiger partial charge in [-0.3, -0.25) is 24.2 Å². The number of piperazine rings is 1. The fourth-order valence-corrected chi connectivity index (χ4v) is 6.17. The SMILES string of the molecule is Cc1ccccc1C1(CC(=O)N2CCN(C3CCCCC3)CC2)CC(=O)N(C2CC2)C1=O. The summed E-state index contributed by atoms with van der Waals surface area (Å²) in [4.78, 5) is 46.0. The van der Waals surface area contributed by atoms with Crippen LogP contribution in [0.4, 0.5) is 0 Å². The molecule has 1 atom stereocenters. The van der Waals surface area contributed by atoms with E-state index >= 15 is 0 Å². The van der Waals surface area contributed by atoms with E-state index in [4.69, 9.17) is 0 Å². The lowest BCUT2D eigenvalue weighted by molar-refractivity contribution is -0.143. The van der Waals surface area contributed by atoms with E-state index in [9.17, 15) is 14.4 Å². The predicted octanol–water partition coefficient (Wildman–Crippen LogP) is 3.02. The number of rotatable bonds is 5. The van der Waals surface area contributed by atoms with E-state index in [0.717, 1.165) is 37.1 Å². The zero-order valence-corrected chi connectivity index (χ0v) is 19.2. The molecule has 2 saturated heterocycles. The molecule has 1 unspecified atom stereocenters. The first-order chi connectivity index (χ1) is 15.5. The van der Waals surface area contributed by atoms with Crippen molar-refractivity contribution >= 4 is 17.7 Å². The summed E-state index contributed by atoms with van der Waals surface area (Å²) < 4.78 is 0. The van der Waals surface area contributed by atoms with Crippen LogP contribution in [0.5, 0.6) is 0 Å². The number of imide groups is 1. The van der Waals surface area contributed by atoms with E-state index < -0.39 is 5.41 Å². The average molecular weight is 438 g/mol. The van der Waals surface area contributed by atoms with Crippen molar-refractivity contribution in [2.75, 3.05) is 26.2 Å². The summed E-state index contributed by atoms with van der Waals surface area (Å²) in [6.07, 6.45) is 8.51. The first-order valence-corrected chi connectivity index (χ1v) is 12.4. The molecule has 0 N–H and O–H groups in total. The maximum Gasteiger partial charge on any atom is 0.241 e. The highest BCUT2D eigenvalue weighted by molar-refractivity contribution is 6.11. The number of aryl methyl sites for hydroxylation is 1. The second-order valence-electron chi connectivity index (χ2n) is 10.3. The van der Waals surface area contributed by atoms with E-state index in [1.54, 1.807) is 0 Å². The normalized spacial score (nSPS) is 27.9.